The molecule has 0 saturated carbocycles. The molecule has 0 bridgehead atoms. The standard InChI is InChI=1S/C14H21N3O3/c1-14(2,3)20-13(19)16-11-6-8-17(12(11)18)9-10-5-4-7-15-10/h4-5,7,11,15H,6,8-9H2,1-3H3,(H,16,19)/t11-/m0/s1. The zero-order chi connectivity index (χ0) is 14.8. The van der Waals surface area contributed by atoms with Crippen LogP contribution in [0.4, 0.5) is 4.79 Å². The minimum Gasteiger partial charge on any atom is -0.444 e. The van der Waals surface area contributed by atoms with Gasteiger partial charge in [0.25, 0.3) is 0 Å². The van der Waals surface area contributed by atoms with E-state index in [-0.39, 0.29) is 5.91 Å². The van der Waals surface area contributed by atoms with E-state index in [0.717, 1.165) is 5.69 Å². The highest BCUT2D eigenvalue weighted by Crippen LogP contribution is 2.15. The zero-order valence-corrected chi connectivity index (χ0v) is 12.1. The number of aromatic nitrogens is 1. The van der Waals surface area contributed by atoms with Gasteiger partial charge in [0.2, 0.25) is 5.91 Å². The van der Waals surface area contributed by atoms with Crippen molar-refractivity contribution >= 4 is 12.0 Å². The normalized spacial score (nSPS) is 19.2. The molecule has 1 saturated heterocycles. The van der Waals surface area contributed by atoms with Crippen LogP contribution in [0.25, 0.3) is 0 Å². The molecule has 1 fully saturated rings. The highest BCUT2D eigenvalue weighted by molar-refractivity contribution is 5.87. The molecular weight excluding hydrogens is 258 g/mol. The van der Waals surface area contributed by atoms with Crippen LogP contribution < -0.4 is 5.32 Å². The molecule has 2 heterocycles. The van der Waals surface area contributed by atoms with Gasteiger partial charge in [-0.3, -0.25) is 4.79 Å². The summed E-state index contributed by atoms with van der Waals surface area (Å²) in [6.07, 6.45) is 1.89. The number of nitrogens with one attached hydrogen (secondary N) is 2. The molecule has 1 aliphatic rings. The Morgan fingerprint density at radius 1 is 1.55 bits per heavy atom. The quantitative estimate of drug-likeness (QED) is 0.883. The van der Waals surface area contributed by atoms with Gasteiger partial charge in [-0.15, -0.1) is 0 Å². The number of alkyl carbamates (subject to hydrolysis) is 1. The molecule has 1 atom stereocenters. The topological polar surface area (TPSA) is 74.4 Å². The Labute approximate surface area is 118 Å². The van der Waals surface area contributed by atoms with Crippen LogP contribution in [-0.2, 0) is 16.1 Å². The second-order valence-electron chi connectivity index (χ2n) is 5.94. The molecule has 1 aromatic heterocycles. The average molecular weight is 279 g/mol. The van der Waals surface area contributed by atoms with Gasteiger partial charge >= 0.3 is 6.09 Å². The molecule has 0 aromatic carbocycles. The number of H-pyrrole nitrogens is 1. The number of aromatic amines is 1. The predicted molar refractivity (Wildman–Crippen MR) is 74.0 cm³/mol. The van der Waals surface area contributed by atoms with Gasteiger partial charge in [-0.1, -0.05) is 0 Å². The summed E-state index contributed by atoms with van der Waals surface area (Å²) in [6.45, 7) is 6.55. The summed E-state index contributed by atoms with van der Waals surface area (Å²) >= 11 is 0. The maximum atomic E-state index is 12.2. The minimum atomic E-state index is -0.560. The second kappa shape index (κ2) is 5.56. The van der Waals surface area contributed by atoms with Crippen molar-refractivity contribution in [2.24, 2.45) is 0 Å². The molecule has 2 N–H and O–H groups in total. The van der Waals surface area contributed by atoms with Crippen molar-refractivity contribution in [3.63, 3.8) is 0 Å². The fraction of sp³-hybridized carbons (Fsp3) is 0.571. The van der Waals surface area contributed by atoms with Gasteiger partial charge in [0, 0.05) is 18.4 Å². The van der Waals surface area contributed by atoms with E-state index in [0.29, 0.717) is 19.5 Å². The number of carbonyl (C=O) groups excluding carboxylic acids is 2. The Morgan fingerprint density at radius 2 is 2.30 bits per heavy atom. The monoisotopic (exact) mass is 279 g/mol. The lowest BCUT2D eigenvalue weighted by Crippen LogP contribution is -2.43. The number of hydrogen-bond acceptors (Lipinski definition) is 3. The third-order valence-corrected chi connectivity index (χ3v) is 3.01. The first kappa shape index (κ1) is 14.4. The van der Waals surface area contributed by atoms with Crippen molar-refractivity contribution in [2.45, 2.75) is 45.4 Å². The van der Waals surface area contributed by atoms with E-state index in [1.807, 2.05) is 18.3 Å². The SMILES string of the molecule is CC(C)(C)OC(=O)N[C@H]1CCN(Cc2ccc[nH]2)C1=O. The molecule has 6 heteroatoms. The number of nitrogens with zero attached hydrogens (tertiary/aromatic N) is 1. The molecule has 0 spiro atoms. The first-order valence-electron chi connectivity index (χ1n) is 6.76. The lowest BCUT2D eigenvalue weighted by atomic mass is 10.2. The van der Waals surface area contributed by atoms with Crippen LogP contribution in [0, 0.1) is 0 Å². The van der Waals surface area contributed by atoms with E-state index in [1.165, 1.54) is 0 Å². The Morgan fingerprint density at radius 3 is 2.90 bits per heavy atom. The lowest BCUT2D eigenvalue weighted by Gasteiger charge is -2.21. The van der Waals surface area contributed by atoms with Crippen molar-refractivity contribution < 1.29 is 14.3 Å². The van der Waals surface area contributed by atoms with Crippen molar-refractivity contribution in [3.8, 4) is 0 Å². The smallest absolute Gasteiger partial charge is 0.408 e. The number of hydrogen-bond donors (Lipinski definition) is 2. The van der Waals surface area contributed by atoms with Crippen molar-refractivity contribution in [1.82, 2.24) is 15.2 Å². The Kier molecular flexibility index (Phi) is 4.01. The average Bonchev–Trinajstić information content (AvgIpc) is 2.92. The van der Waals surface area contributed by atoms with E-state index in [4.69, 9.17) is 4.74 Å². The Bertz CT molecular complexity index is 476. The molecule has 0 radical (unpaired) electrons. The third kappa shape index (κ3) is 3.76. The first-order chi connectivity index (χ1) is 9.35. The summed E-state index contributed by atoms with van der Waals surface area (Å²) in [6, 6.07) is 3.34. The van der Waals surface area contributed by atoms with Crippen LogP contribution in [0.15, 0.2) is 18.3 Å². The van der Waals surface area contributed by atoms with E-state index >= 15 is 0 Å². The molecule has 2 amide bonds. The van der Waals surface area contributed by atoms with Gasteiger partial charge in [0.05, 0.1) is 6.54 Å². The Balaban J connectivity index is 1.86. The minimum absolute atomic E-state index is 0.0644. The highest BCUT2D eigenvalue weighted by atomic mass is 16.6. The molecule has 0 aliphatic carbocycles. The van der Waals surface area contributed by atoms with E-state index in [9.17, 15) is 9.59 Å². The summed E-state index contributed by atoms with van der Waals surface area (Å²) in [5.41, 5.74) is 0.423. The van der Waals surface area contributed by atoms with E-state index in [1.54, 1.807) is 25.7 Å². The molecule has 1 aromatic rings. The summed E-state index contributed by atoms with van der Waals surface area (Å²) in [5.74, 6) is -0.0644. The molecule has 2 rings (SSSR count). The Hall–Kier alpha value is -1.98. The molecule has 110 valence electrons. The van der Waals surface area contributed by atoms with Crippen LogP contribution >= 0.6 is 0 Å². The second-order valence-corrected chi connectivity index (χ2v) is 5.94. The highest BCUT2D eigenvalue weighted by Gasteiger charge is 2.33. The summed E-state index contributed by atoms with van der Waals surface area (Å²) in [7, 11) is 0. The summed E-state index contributed by atoms with van der Waals surface area (Å²) in [5, 5.41) is 2.63. The molecule has 1 aliphatic heterocycles. The van der Waals surface area contributed by atoms with Gasteiger partial charge in [-0.25, -0.2) is 4.79 Å². The number of ether oxygens (including phenoxy) is 1. The number of carbonyl (C=O) groups is 2. The molecule has 6 nitrogen and oxygen atoms in total. The summed E-state index contributed by atoms with van der Waals surface area (Å²) in [4.78, 5) is 28.6. The van der Waals surface area contributed by atoms with Gasteiger partial charge in [-0.05, 0) is 39.3 Å². The predicted octanol–water partition coefficient (Wildman–Crippen LogP) is 1.64. The van der Waals surface area contributed by atoms with Crippen LogP contribution in [-0.4, -0.2) is 40.1 Å². The van der Waals surface area contributed by atoms with Crippen molar-refractivity contribution in [2.75, 3.05) is 6.54 Å². The van der Waals surface area contributed by atoms with Gasteiger partial charge in [0.15, 0.2) is 0 Å². The van der Waals surface area contributed by atoms with Crippen LogP contribution in [0.1, 0.15) is 32.9 Å². The fourth-order valence-corrected chi connectivity index (χ4v) is 2.15. The van der Waals surface area contributed by atoms with Gasteiger partial charge in [0.1, 0.15) is 11.6 Å². The van der Waals surface area contributed by atoms with Crippen LogP contribution in [0.5, 0.6) is 0 Å². The maximum absolute atomic E-state index is 12.2. The fourth-order valence-electron chi connectivity index (χ4n) is 2.15. The molecule has 20 heavy (non-hydrogen) atoms. The van der Waals surface area contributed by atoms with Crippen molar-refractivity contribution in [1.29, 1.82) is 0 Å². The number of amides is 2. The number of likely N-dealkylation sites (tertiary alicyclic amines) is 1. The molecule has 0 unspecified atom stereocenters. The van der Waals surface area contributed by atoms with Gasteiger partial charge < -0.3 is 19.9 Å². The zero-order valence-electron chi connectivity index (χ0n) is 12.1. The largest absolute Gasteiger partial charge is 0.444 e. The molecular formula is C14H21N3O3. The maximum Gasteiger partial charge on any atom is 0.408 e. The van der Waals surface area contributed by atoms with E-state index in [2.05, 4.69) is 10.3 Å². The third-order valence-electron chi connectivity index (χ3n) is 3.01. The van der Waals surface area contributed by atoms with Crippen LogP contribution in [0.3, 0.4) is 0 Å². The van der Waals surface area contributed by atoms with Gasteiger partial charge in [-0.2, -0.15) is 0 Å². The number of rotatable bonds is 3. The lowest BCUT2D eigenvalue weighted by molar-refractivity contribution is -0.130. The summed E-state index contributed by atoms with van der Waals surface area (Å²) < 4.78 is 5.16. The van der Waals surface area contributed by atoms with Crippen molar-refractivity contribution in [3.05, 3.63) is 24.0 Å². The van der Waals surface area contributed by atoms with Crippen LogP contribution in [0.2, 0.25) is 0 Å². The first-order valence-corrected chi connectivity index (χ1v) is 6.76. The van der Waals surface area contributed by atoms with E-state index < -0.39 is 17.7 Å².